The summed E-state index contributed by atoms with van der Waals surface area (Å²) in [7, 11) is 1.49. The van der Waals surface area contributed by atoms with E-state index in [0.29, 0.717) is 37.5 Å². The number of carboxylic acid groups (broad SMARTS) is 1. The fourth-order valence-corrected chi connectivity index (χ4v) is 2.22. The Kier molecular flexibility index (Phi) is 4.74. The molecule has 0 radical (unpaired) electrons. The number of rotatable bonds is 5. The number of carbonyl (C=O) groups excluding carboxylic acids is 1. The SMILES string of the molecule is COc1ccc(C(=O)NCC2(C(=O)O)CCOCC2)cn1. The van der Waals surface area contributed by atoms with Gasteiger partial charge in [0.25, 0.3) is 5.91 Å². The van der Waals surface area contributed by atoms with Crippen molar-refractivity contribution in [1.29, 1.82) is 0 Å². The number of carboxylic acids is 1. The van der Waals surface area contributed by atoms with Gasteiger partial charge in [-0.3, -0.25) is 9.59 Å². The molecule has 1 saturated heterocycles. The van der Waals surface area contributed by atoms with Crippen molar-refractivity contribution in [3.05, 3.63) is 23.9 Å². The Morgan fingerprint density at radius 1 is 1.43 bits per heavy atom. The van der Waals surface area contributed by atoms with Crippen LogP contribution in [0, 0.1) is 5.41 Å². The zero-order valence-corrected chi connectivity index (χ0v) is 11.8. The minimum Gasteiger partial charge on any atom is -0.481 e. The van der Waals surface area contributed by atoms with E-state index >= 15 is 0 Å². The molecule has 2 rings (SSSR count). The molecule has 1 aromatic heterocycles. The van der Waals surface area contributed by atoms with Crippen LogP contribution in [-0.2, 0) is 9.53 Å². The Morgan fingerprint density at radius 3 is 2.67 bits per heavy atom. The van der Waals surface area contributed by atoms with Gasteiger partial charge < -0.3 is 19.9 Å². The van der Waals surface area contributed by atoms with E-state index in [-0.39, 0.29) is 12.5 Å². The minimum absolute atomic E-state index is 0.0799. The van der Waals surface area contributed by atoms with Crippen molar-refractivity contribution >= 4 is 11.9 Å². The number of aliphatic carboxylic acids is 1. The first-order valence-corrected chi connectivity index (χ1v) is 6.67. The van der Waals surface area contributed by atoms with Gasteiger partial charge in [-0.1, -0.05) is 0 Å². The molecule has 7 heteroatoms. The van der Waals surface area contributed by atoms with Crippen LogP contribution in [0.4, 0.5) is 0 Å². The number of hydrogen-bond acceptors (Lipinski definition) is 5. The van der Waals surface area contributed by atoms with Gasteiger partial charge in [0, 0.05) is 32.0 Å². The molecule has 1 aliphatic heterocycles. The highest BCUT2D eigenvalue weighted by atomic mass is 16.5. The van der Waals surface area contributed by atoms with Gasteiger partial charge in [0.2, 0.25) is 5.88 Å². The first kappa shape index (κ1) is 15.2. The molecule has 0 bridgehead atoms. The number of nitrogens with one attached hydrogen (secondary N) is 1. The van der Waals surface area contributed by atoms with E-state index < -0.39 is 11.4 Å². The molecule has 0 aliphatic carbocycles. The van der Waals surface area contributed by atoms with Gasteiger partial charge in [-0.25, -0.2) is 4.98 Å². The Morgan fingerprint density at radius 2 is 2.14 bits per heavy atom. The number of aromatic nitrogens is 1. The normalized spacial score (nSPS) is 17.0. The summed E-state index contributed by atoms with van der Waals surface area (Å²) in [5.41, 5.74) is -0.586. The predicted molar refractivity (Wildman–Crippen MR) is 73.2 cm³/mol. The second kappa shape index (κ2) is 6.53. The van der Waals surface area contributed by atoms with Crippen LogP contribution in [0.3, 0.4) is 0 Å². The Labute approximate surface area is 122 Å². The molecule has 1 aromatic rings. The van der Waals surface area contributed by atoms with Crippen LogP contribution in [0.1, 0.15) is 23.2 Å². The lowest BCUT2D eigenvalue weighted by atomic mass is 9.80. The number of methoxy groups -OCH3 is 1. The van der Waals surface area contributed by atoms with Gasteiger partial charge in [0.05, 0.1) is 18.1 Å². The maximum absolute atomic E-state index is 12.0. The van der Waals surface area contributed by atoms with Crippen molar-refractivity contribution in [2.24, 2.45) is 5.41 Å². The highest BCUT2D eigenvalue weighted by molar-refractivity contribution is 5.94. The van der Waals surface area contributed by atoms with E-state index in [9.17, 15) is 14.7 Å². The summed E-state index contributed by atoms with van der Waals surface area (Å²) in [5.74, 6) is -0.839. The van der Waals surface area contributed by atoms with Crippen molar-refractivity contribution in [1.82, 2.24) is 10.3 Å². The summed E-state index contributed by atoms with van der Waals surface area (Å²) in [5, 5.41) is 12.1. The van der Waals surface area contributed by atoms with Crippen LogP contribution < -0.4 is 10.1 Å². The second-order valence-corrected chi connectivity index (χ2v) is 4.97. The largest absolute Gasteiger partial charge is 0.481 e. The summed E-state index contributed by atoms with van der Waals surface area (Å²) in [6.45, 7) is 0.870. The zero-order valence-electron chi connectivity index (χ0n) is 11.8. The number of ether oxygens (including phenoxy) is 2. The maximum atomic E-state index is 12.0. The number of carbonyl (C=O) groups is 2. The Hall–Kier alpha value is -2.15. The Bertz CT molecular complexity index is 509. The van der Waals surface area contributed by atoms with Gasteiger partial charge in [-0.05, 0) is 18.9 Å². The van der Waals surface area contributed by atoms with Crippen LogP contribution in [0.25, 0.3) is 0 Å². The number of nitrogens with zero attached hydrogens (tertiary/aromatic N) is 1. The molecule has 2 heterocycles. The van der Waals surface area contributed by atoms with Crippen molar-refractivity contribution in [3.8, 4) is 5.88 Å². The molecule has 1 amide bonds. The standard InChI is InChI=1S/C14H18N2O5/c1-20-11-3-2-10(8-15-11)12(17)16-9-14(13(18)19)4-6-21-7-5-14/h2-3,8H,4-7,9H2,1H3,(H,16,17)(H,18,19). The minimum atomic E-state index is -0.951. The van der Waals surface area contributed by atoms with Crippen molar-refractivity contribution in [3.63, 3.8) is 0 Å². The molecule has 0 atom stereocenters. The lowest BCUT2D eigenvalue weighted by Gasteiger charge is -2.33. The molecule has 0 saturated carbocycles. The van der Waals surface area contributed by atoms with Gasteiger partial charge in [-0.2, -0.15) is 0 Å². The summed E-state index contributed by atoms with van der Waals surface area (Å²) < 4.78 is 10.1. The fraction of sp³-hybridized carbons (Fsp3) is 0.500. The van der Waals surface area contributed by atoms with E-state index in [1.807, 2.05) is 0 Å². The van der Waals surface area contributed by atoms with Crippen LogP contribution in [-0.4, -0.2) is 48.8 Å². The van der Waals surface area contributed by atoms with Gasteiger partial charge >= 0.3 is 5.97 Å². The number of hydrogen-bond donors (Lipinski definition) is 2. The van der Waals surface area contributed by atoms with E-state index in [0.717, 1.165) is 0 Å². The molecular weight excluding hydrogens is 276 g/mol. The third-order valence-corrected chi connectivity index (χ3v) is 3.70. The van der Waals surface area contributed by atoms with E-state index in [1.165, 1.54) is 13.3 Å². The number of amides is 1. The molecule has 0 unspecified atom stereocenters. The first-order chi connectivity index (χ1) is 10.1. The van der Waals surface area contributed by atoms with Crippen molar-refractivity contribution in [2.45, 2.75) is 12.8 Å². The van der Waals surface area contributed by atoms with Crippen molar-refractivity contribution in [2.75, 3.05) is 26.9 Å². The van der Waals surface area contributed by atoms with Gasteiger partial charge in [0.1, 0.15) is 0 Å². The average molecular weight is 294 g/mol. The third kappa shape index (κ3) is 3.49. The smallest absolute Gasteiger partial charge is 0.311 e. The average Bonchev–Trinajstić information content (AvgIpc) is 2.53. The molecule has 0 aromatic carbocycles. The van der Waals surface area contributed by atoms with Gasteiger partial charge in [-0.15, -0.1) is 0 Å². The van der Waals surface area contributed by atoms with E-state index in [4.69, 9.17) is 9.47 Å². The monoisotopic (exact) mass is 294 g/mol. The van der Waals surface area contributed by atoms with Gasteiger partial charge in [0.15, 0.2) is 0 Å². The molecule has 2 N–H and O–H groups in total. The van der Waals surface area contributed by atoms with Crippen LogP contribution >= 0.6 is 0 Å². The lowest BCUT2D eigenvalue weighted by molar-refractivity contribution is -0.154. The summed E-state index contributed by atoms with van der Waals surface area (Å²) in [4.78, 5) is 27.5. The summed E-state index contributed by atoms with van der Waals surface area (Å²) in [6.07, 6.45) is 2.18. The molecule has 7 nitrogen and oxygen atoms in total. The highest BCUT2D eigenvalue weighted by Crippen LogP contribution is 2.30. The molecule has 1 fully saturated rings. The molecule has 0 spiro atoms. The Balaban J connectivity index is 1.99. The molecular formula is C14H18N2O5. The molecule has 1 aliphatic rings. The van der Waals surface area contributed by atoms with E-state index in [1.54, 1.807) is 12.1 Å². The molecule has 114 valence electrons. The predicted octanol–water partition coefficient (Wildman–Crippen LogP) is 0.701. The van der Waals surface area contributed by atoms with Crippen LogP contribution in [0.15, 0.2) is 18.3 Å². The second-order valence-electron chi connectivity index (χ2n) is 4.97. The zero-order chi connectivity index (χ0) is 15.3. The summed E-state index contributed by atoms with van der Waals surface area (Å²) >= 11 is 0. The van der Waals surface area contributed by atoms with Crippen LogP contribution in [0.2, 0.25) is 0 Å². The maximum Gasteiger partial charge on any atom is 0.311 e. The number of pyridine rings is 1. The highest BCUT2D eigenvalue weighted by Gasteiger charge is 2.40. The fourth-order valence-electron chi connectivity index (χ4n) is 2.22. The lowest BCUT2D eigenvalue weighted by Crippen LogP contribution is -2.46. The third-order valence-electron chi connectivity index (χ3n) is 3.70. The first-order valence-electron chi connectivity index (χ1n) is 6.67. The van der Waals surface area contributed by atoms with Crippen molar-refractivity contribution < 1.29 is 24.2 Å². The quantitative estimate of drug-likeness (QED) is 0.829. The molecule has 21 heavy (non-hydrogen) atoms. The topological polar surface area (TPSA) is 97.8 Å². The summed E-state index contributed by atoms with van der Waals surface area (Å²) in [6, 6.07) is 3.16. The van der Waals surface area contributed by atoms with Crippen LogP contribution in [0.5, 0.6) is 5.88 Å². The van der Waals surface area contributed by atoms with E-state index in [2.05, 4.69) is 10.3 Å².